The predicted octanol–water partition coefficient (Wildman–Crippen LogP) is 0.881. The van der Waals surface area contributed by atoms with Crippen molar-refractivity contribution < 1.29 is 80.5 Å². The molecule has 0 spiro atoms. The maximum atomic E-state index is 12.7. The highest BCUT2D eigenvalue weighted by Gasteiger charge is 2.50. The van der Waals surface area contributed by atoms with Crippen molar-refractivity contribution in [1.29, 1.82) is 0 Å². The molecule has 0 radical (unpaired) electrons. The lowest BCUT2D eigenvalue weighted by Crippen LogP contribution is -2.46. The Labute approximate surface area is 331 Å². The quantitative estimate of drug-likeness (QED) is 0.0521. The van der Waals surface area contributed by atoms with Crippen molar-refractivity contribution in [3.8, 4) is 0 Å². The number of hydrogen-bond acceptors (Lipinski definition) is 18. The van der Waals surface area contributed by atoms with E-state index in [-0.39, 0.29) is 47.5 Å². The first-order valence-corrected chi connectivity index (χ1v) is 23.0. The van der Waals surface area contributed by atoms with Crippen molar-refractivity contribution >= 4 is 69.1 Å². The highest BCUT2D eigenvalue weighted by Crippen LogP contribution is 2.61. The molecule has 3 rings (SSSR count). The normalized spacial score (nSPS) is 22.1. The summed E-state index contributed by atoms with van der Waals surface area (Å²) in [5.41, 5.74) is 4.27. The summed E-state index contributed by atoms with van der Waals surface area (Å²) in [6.07, 6.45) is -2.98. The van der Waals surface area contributed by atoms with Gasteiger partial charge in [-0.1, -0.05) is 58.7 Å². The number of hydrogen-bond donors (Lipinski definition) is 9. The number of carbonyl (C=O) groups is 3. The molecule has 0 bridgehead atoms. The van der Waals surface area contributed by atoms with Gasteiger partial charge in [-0.2, -0.15) is 4.31 Å². The van der Waals surface area contributed by atoms with Gasteiger partial charge in [-0.3, -0.25) is 32.5 Å². The van der Waals surface area contributed by atoms with Gasteiger partial charge in [-0.25, -0.2) is 28.6 Å². The van der Waals surface area contributed by atoms with Crippen LogP contribution in [0.2, 0.25) is 0 Å². The number of ether oxygens (including phenoxy) is 1. The number of thioether (sulfide) groups is 1. The Bertz CT molecular complexity index is 1830. The van der Waals surface area contributed by atoms with Gasteiger partial charge in [0.05, 0.1) is 19.5 Å². The molecule has 28 heteroatoms. The van der Waals surface area contributed by atoms with Crippen LogP contribution < -0.4 is 16.4 Å². The second-order valence-electron chi connectivity index (χ2n) is 13.6. The standard InChI is InChI=1S/C29H50N7O17P3S/c1-5-6-7-8-17(2)28(41)57-12-11-31-19(37)9-10-32-26(40)23(39)29(3,4)14-50-56(47,48)53-55(45,46)49-13-18-22(52-54(42,43)44)21(38)27(51-18)36-16-35-20-24(30)33-15-34-25(20)36/h15-18,21-23,27,38-39H,5-14H2,1-4H3,(H,31,37)(H,32,40)(H,45,46)(H,47,48)(H2,30,33,34)(H2,42,43,44)/t17?,18-,21-,22-,23+,27-/m1/s1. The third-order valence-corrected chi connectivity index (χ3v) is 12.6. The van der Waals surface area contributed by atoms with E-state index >= 15 is 0 Å². The SMILES string of the molecule is CCCCCC(C)C(=O)SCCNC(=O)CCNC(=O)[C@H](O)C(C)(C)COP(=O)(O)OP(=O)(O)OC[C@H]1O[C@@H](n2cnc3c(N)ncnc32)[C@H](O)[C@@H]1OP(=O)(O)O. The Morgan fingerprint density at radius 3 is 2.40 bits per heavy atom. The van der Waals surface area contributed by atoms with Crippen molar-refractivity contribution in [1.82, 2.24) is 30.2 Å². The minimum atomic E-state index is -5.57. The van der Waals surface area contributed by atoms with Gasteiger partial charge in [0, 0.05) is 36.6 Å². The number of carbonyl (C=O) groups excluding carboxylic acids is 3. The molecule has 3 unspecified atom stereocenters. The van der Waals surface area contributed by atoms with Crippen LogP contribution in [0.4, 0.5) is 5.82 Å². The van der Waals surface area contributed by atoms with Crippen molar-refractivity contribution in [2.45, 2.75) is 90.4 Å². The number of nitrogens with one attached hydrogen (secondary N) is 2. The van der Waals surface area contributed by atoms with Gasteiger partial charge >= 0.3 is 23.5 Å². The molecule has 1 saturated heterocycles. The number of nitrogens with two attached hydrogens (primary N) is 1. The van der Waals surface area contributed by atoms with Crippen molar-refractivity contribution in [3.05, 3.63) is 12.7 Å². The van der Waals surface area contributed by atoms with Crippen LogP contribution in [-0.2, 0) is 50.7 Å². The van der Waals surface area contributed by atoms with Gasteiger partial charge in [-0.05, 0) is 6.42 Å². The molecule has 1 fully saturated rings. The zero-order valence-corrected chi connectivity index (χ0v) is 35.0. The molecule has 2 aromatic heterocycles. The third kappa shape index (κ3) is 15.3. The van der Waals surface area contributed by atoms with Crippen LogP contribution in [0, 0.1) is 11.3 Å². The van der Waals surface area contributed by atoms with Crippen LogP contribution in [0.5, 0.6) is 0 Å². The monoisotopic (exact) mass is 893 g/mol. The fourth-order valence-electron chi connectivity index (χ4n) is 5.24. The fourth-order valence-corrected chi connectivity index (χ4v) is 8.88. The number of nitrogen functional groups attached to an aromatic ring is 1. The van der Waals surface area contributed by atoms with Crippen molar-refractivity contribution in [2.24, 2.45) is 11.3 Å². The summed E-state index contributed by atoms with van der Waals surface area (Å²) >= 11 is 1.14. The molecule has 8 atom stereocenters. The summed E-state index contributed by atoms with van der Waals surface area (Å²) in [5.74, 6) is -1.12. The second-order valence-corrected chi connectivity index (χ2v) is 19.0. The molecular weight excluding hydrogens is 843 g/mol. The second kappa shape index (κ2) is 21.2. The Balaban J connectivity index is 1.47. The third-order valence-electron chi connectivity index (χ3n) is 8.39. The van der Waals surface area contributed by atoms with Crippen LogP contribution in [0.3, 0.4) is 0 Å². The number of anilines is 1. The first-order chi connectivity index (χ1) is 26.5. The summed E-state index contributed by atoms with van der Waals surface area (Å²) in [7, 11) is -16.4. The number of unbranched alkanes of at least 4 members (excludes halogenated alkanes) is 2. The highest BCUT2D eigenvalue weighted by molar-refractivity contribution is 8.13. The number of phosphoric ester groups is 3. The van der Waals surface area contributed by atoms with Crippen molar-refractivity contribution in [2.75, 3.05) is 37.8 Å². The topological polar surface area (TPSA) is 364 Å². The first kappa shape index (κ1) is 48.9. The highest BCUT2D eigenvalue weighted by atomic mass is 32.2. The number of aromatic nitrogens is 4. The maximum absolute atomic E-state index is 12.7. The average molecular weight is 894 g/mol. The number of aliphatic hydroxyl groups excluding tert-OH is 2. The van der Waals surface area contributed by atoms with E-state index < -0.39 is 84.6 Å². The molecule has 3 heterocycles. The first-order valence-electron chi connectivity index (χ1n) is 17.5. The molecule has 2 aromatic rings. The number of nitrogens with zero attached hydrogens (tertiary/aromatic N) is 4. The number of phosphoric acid groups is 3. The van der Waals surface area contributed by atoms with E-state index in [9.17, 15) is 57.9 Å². The molecule has 1 aliphatic rings. The van der Waals surface area contributed by atoms with Crippen LogP contribution in [0.15, 0.2) is 12.7 Å². The lowest BCUT2D eigenvalue weighted by Gasteiger charge is -2.30. The molecule has 2 amide bonds. The molecule has 1 aliphatic heterocycles. The summed E-state index contributed by atoms with van der Waals surface area (Å²) in [6.45, 7) is 4.50. The zero-order valence-electron chi connectivity index (χ0n) is 31.5. The Morgan fingerprint density at radius 1 is 1.05 bits per heavy atom. The van der Waals surface area contributed by atoms with Crippen LogP contribution >= 0.6 is 35.2 Å². The Kier molecular flexibility index (Phi) is 18.2. The Hall–Kier alpha value is -2.44. The van der Waals surface area contributed by atoms with E-state index in [1.807, 2.05) is 6.92 Å². The fraction of sp³-hybridized carbons (Fsp3) is 0.724. The summed E-state index contributed by atoms with van der Waals surface area (Å²) in [6, 6.07) is 0. The summed E-state index contributed by atoms with van der Waals surface area (Å²) < 4.78 is 62.2. The molecule has 57 heavy (non-hydrogen) atoms. The van der Waals surface area contributed by atoms with Crippen molar-refractivity contribution in [3.63, 3.8) is 0 Å². The molecule has 10 N–H and O–H groups in total. The average Bonchev–Trinajstić information content (AvgIpc) is 3.68. The van der Waals surface area contributed by atoms with Crippen LogP contribution in [0.25, 0.3) is 11.2 Å². The van der Waals surface area contributed by atoms with E-state index in [2.05, 4.69) is 41.3 Å². The van der Waals surface area contributed by atoms with Gasteiger partial charge < -0.3 is 50.9 Å². The van der Waals surface area contributed by atoms with Gasteiger partial charge in [0.1, 0.15) is 36.3 Å². The predicted molar refractivity (Wildman–Crippen MR) is 200 cm³/mol. The van der Waals surface area contributed by atoms with Gasteiger partial charge in [0.2, 0.25) is 11.8 Å². The molecule has 324 valence electrons. The van der Waals surface area contributed by atoms with E-state index in [0.29, 0.717) is 5.75 Å². The van der Waals surface area contributed by atoms with Gasteiger partial charge in [0.15, 0.2) is 22.8 Å². The number of aliphatic hydroxyl groups is 2. The van der Waals surface area contributed by atoms with E-state index in [0.717, 1.165) is 54.7 Å². The minimum Gasteiger partial charge on any atom is -0.386 e. The summed E-state index contributed by atoms with van der Waals surface area (Å²) in [4.78, 5) is 87.9. The van der Waals surface area contributed by atoms with Gasteiger partial charge in [0.25, 0.3) is 0 Å². The zero-order chi connectivity index (χ0) is 42.8. The largest absolute Gasteiger partial charge is 0.481 e. The van der Waals surface area contributed by atoms with Crippen LogP contribution in [-0.4, -0.2) is 123 Å². The molecular formula is C29H50N7O17P3S. The Morgan fingerprint density at radius 2 is 1.74 bits per heavy atom. The summed E-state index contributed by atoms with van der Waals surface area (Å²) in [5, 5.41) is 26.5. The minimum absolute atomic E-state index is 0.0321. The number of amides is 2. The van der Waals surface area contributed by atoms with E-state index in [4.69, 9.17) is 19.5 Å². The number of fused-ring (bicyclic) bond motifs is 1. The molecule has 0 saturated carbocycles. The van der Waals surface area contributed by atoms with E-state index in [1.54, 1.807) is 0 Å². The molecule has 0 aromatic carbocycles. The lowest BCUT2D eigenvalue weighted by atomic mass is 9.87. The molecule has 0 aliphatic carbocycles. The van der Waals surface area contributed by atoms with Crippen LogP contribution in [0.1, 0.15) is 66.0 Å². The van der Waals surface area contributed by atoms with Gasteiger partial charge in [-0.15, -0.1) is 0 Å². The maximum Gasteiger partial charge on any atom is 0.481 e. The smallest absolute Gasteiger partial charge is 0.386 e. The lowest BCUT2D eigenvalue weighted by molar-refractivity contribution is -0.137. The number of imidazole rings is 1. The number of rotatable bonds is 24. The molecule has 24 nitrogen and oxygen atoms in total. The van der Waals surface area contributed by atoms with E-state index in [1.165, 1.54) is 13.8 Å².